The molecule has 1 unspecified atom stereocenters. The van der Waals surface area contributed by atoms with Gasteiger partial charge in [-0.2, -0.15) is 0 Å². The highest BCUT2D eigenvalue weighted by Gasteiger charge is 2.32. The van der Waals surface area contributed by atoms with Gasteiger partial charge in [-0.05, 0) is 6.42 Å². The van der Waals surface area contributed by atoms with Crippen LogP contribution in [0.5, 0.6) is 0 Å². The van der Waals surface area contributed by atoms with E-state index >= 15 is 0 Å². The van der Waals surface area contributed by atoms with Gasteiger partial charge in [-0.15, -0.1) is 6.58 Å². The monoisotopic (exact) mass is 153 g/mol. The van der Waals surface area contributed by atoms with Gasteiger partial charge in [0.05, 0.1) is 6.61 Å². The summed E-state index contributed by atoms with van der Waals surface area (Å²) >= 11 is 0. The van der Waals surface area contributed by atoms with E-state index < -0.39 is 0 Å². The topological polar surface area (TPSA) is 12.5 Å². The maximum absolute atomic E-state index is 5.32. The van der Waals surface area contributed by atoms with Crippen molar-refractivity contribution in [1.29, 1.82) is 0 Å². The minimum atomic E-state index is 0.714. The Balaban J connectivity index is 1.76. The largest absolute Gasteiger partial charge is 0.380 e. The van der Waals surface area contributed by atoms with E-state index in [0.29, 0.717) is 6.04 Å². The molecule has 0 bridgehead atoms. The summed E-state index contributed by atoms with van der Waals surface area (Å²) in [5.41, 5.74) is 0. The molecule has 2 heteroatoms. The van der Waals surface area contributed by atoms with Crippen molar-refractivity contribution in [1.82, 2.24) is 4.90 Å². The van der Waals surface area contributed by atoms with Crippen molar-refractivity contribution in [3.63, 3.8) is 0 Å². The summed E-state index contributed by atoms with van der Waals surface area (Å²) in [6.07, 6.45) is 3.29. The molecule has 2 aliphatic rings. The van der Waals surface area contributed by atoms with Crippen LogP contribution in [0.1, 0.15) is 6.42 Å². The van der Waals surface area contributed by atoms with E-state index in [9.17, 15) is 0 Å². The molecule has 2 rings (SSSR count). The standard InChI is InChI=1S/C9H15NO/c1-2-8-5-10(6-8)9-3-4-11-7-9/h2,8-9H,1,3-7H2. The van der Waals surface area contributed by atoms with Crippen LogP contribution in [0.3, 0.4) is 0 Å². The van der Waals surface area contributed by atoms with Gasteiger partial charge < -0.3 is 4.74 Å². The summed E-state index contributed by atoms with van der Waals surface area (Å²) in [6.45, 7) is 8.10. The highest BCUT2D eigenvalue weighted by Crippen LogP contribution is 2.23. The van der Waals surface area contributed by atoms with Gasteiger partial charge in [-0.3, -0.25) is 4.90 Å². The molecule has 2 heterocycles. The Labute approximate surface area is 67.8 Å². The summed E-state index contributed by atoms with van der Waals surface area (Å²) < 4.78 is 5.32. The van der Waals surface area contributed by atoms with Crippen LogP contribution in [-0.4, -0.2) is 37.2 Å². The molecular weight excluding hydrogens is 138 g/mol. The maximum atomic E-state index is 5.32. The summed E-state index contributed by atoms with van der Waals surface area (Å²) in [5.74, 6) is 0.746. The quantitative estimate of drug-likeness (QED) is 0.546. The third-order valence-corrected chi connectivity index (χ3v) is 2.69. The van der Waals surface area contributed by atoms with Crippen molar-refractivity contribution in [2.75, 3.05) is 26.3 Å². The molecule has 0 saturated carbocycles. The van der Waals surface area contributed by atoms with Crippen LogP contribution in [0.25, 0.3) is 0 Å². The van der Waals surface area contributed by atoms with E-state index in [1.165, 1.54) is 19.5 Å². The first-order valence-electron chi connectivity index (χ1n) is 4.34. The predicted octanol–water partition coefficient (Wildman–Crippen LogP) is 0.893. The number of hydrogen-bond acceptors (Lipinski definition) is 2. The fourth-order valence-corrected chi connectivity index (χ4v) is 1.81. The van der Waals surface area contributed by atoms with Crippen LogP contribution >= 0.6 is 0 Å². The van der Waals surface area contributed by atoms with E-state index in [2.05, 4.69) is 17.6 Å². The lowest BCUT2D eigenvalue weighted by molar-refractivity contribution is 0.0658. The lowest BCUT2D eigenvalue weighted by atomic mass is 9.97. The van der Waals surface area contributed by atoms with E-state index in [1.807, 2.05) is 0 Å². The summed E-state index contributed by atoms with van der Waals surface area (Å²) in [5, 5.41) is 0. The SMILES string of the molecule is C=CC1CN(C2CCOC2)C1. The molecule has 0 spiro atoms. The van der Waals surface area contributed by atoms with Crippen LogP contribution in [0.15, 0.2) is 12.7 Å². The molecule has 0 radical (unpaired) electrons. The Bertz CT molecular complexity index is 146. The van der Waals surface area contributed by atoms with Crippen LogP contribution in [0.2, 0.25) is 0 Å². The summed E-state index contributed by atoms with van der Waals surface area (Å²) in [4.78, 5) is 2.50. The molecule has 1 atom stereocenters. The maximum Gasteiger partial charge on any atom is 0.0622 e. The number of likely N-dealkylation sites (tertiary alicyclic amines) is 1. The first kappa shape index (κ1) is 7.32. The zero-order chi connectivity index (χ0) is 7.68. The summed E-state index contributed by atoms with van der Waals surface area (Å²) in [6, 6.07) is 0.714. The van der Waals surface area contributed by atoms with Crippen LogP contribution in [-0.2, 0) is 4.74 Å². The molecule has 0 aliphatic carbocycles. The highest BCUT2D eigenvalue weighted by molar-refractivity contribution is 4.95. The molecule has 0 amide bonds. The molecule has 2 aliphatic heterocycles. The molecule has 11 heavy (non-hydrogen) atoms. The second-order valence-corrected chi connectivity index (χ2v) is 3.47. The van der Waals surface area contributed by atoms with Crippen molar-refractivity contribution in [3.8, 4) is 0 Å². The van der Waals surface area contributed by atoms with Gasteiger partial charge in [0, 0.05) is 31.7 Å². The average Bonchev–Trinajstić information content (AvgIpc) is 2.37. The van der Waals surface area contributed by atoms with E-state index in [1.54, 1.807) is 0 Å². The average molecular weight is 153 g/mol. The molecular formula is C9H15NO. The smallest absolute Gasteiger partial charge is 0.0622 e. The van der Waals surface area contributed by atoms with Crippen molar-refractivity contribution in [2.45, 2.75) is 12.5 Å². The van der Waals surface area contributed by atoms with Gasteiger partial charge in [0.15, 0.2) is 0 Å². The normalized spacial score (nSPS) is 33.6. The van der Waals surface area contributed by atoms with E-state index in [0.717, 1.165) is 19.1 Å². The van der Waals surface area contributed by atoms with Crippen molar-refractivity contribution in [3.05, 3.63) is 12.7 Å². The fourth-order valence-electron chi connectivity index (χ4n) is 1.81. The molecule has 2 fully saturated rings. The lowest BCUT2D eigenvalue weighted by Crippen LogP contribution is -2.51. The first-order valence-corrected chi connectivity index (χ1v) is 4.34. The fraction of sp³-hybridized carbons (Fsp3) is 0.778. The molecule has 2 saturated heterocycles. The van der Waals surface area contributed by atoms with Gasteiger partial charge in [0.2, 0.25) is 0 Å². The van der Waals surface area contributed by atoms with Crippen molar-refractivity contribution in [2.24, 2.45) is 5.92 Å². The number of nitrogens with zero attached hydrogens (tertiary/aromatic N) is 1. The molecule has 0 aromatic rings. The Kier molecular flexibility index (Phi) is 1.96. The molecule has 62 valence electrons. The number of hydrogen-bond donors (Lipinski definition) is 0. The van der Waals surface area contributed by atoms with Gasteiger partial charge in [-0.25, -0.2) is 0 Å². The van der Waals surface area contributed by atoms with Crippen molar-refractivity contribution >= 4 is 0 Å². The number of rotatable bonds is 2. The Morgan fingerprint density at radius 2 is 2.27 bits per heavy atom. The Morgan fingerprint density at radius 3 is 2.82 bits per heavy atom. The van der Waals surface area contributed by atoms with Gasteiger partial charge in [0.25, 0.3) is 0 Å². The van der Waals surface area contributed by atoms with Gasteiger partial charge >= 0.3 is 0 Å². The van der Waals surface area contributed by atoms with E-state index in [4.69, 9.17) is 4.74 Å². The zero-order valence-electron chi connectivity index (χ0n) is 6.83. The first-order chi connectivity index (χ1) is 5.40. The molecule has 0 aromatic heterocycles. The Morgan fingerprint density at radius 1 is 1.45 bits per heavy atom. The van der Waals surface area contributed by atoms with Crippen molar-refractivity contribution < 1.29 is 4.74 Å². The van der Waals surface area contributed by atoms with E-state index in [-0.39, 0.29) is 0 Å². The summed E-state index contributed by atoms with van der Waals surface area (Å²) in [7, 11) is 0. The third kappa shape index (κ3) is 1.33. The predicted molar refractivity (Wildman–Crippen MR) is 44.5 cm³/mol. The minimum absolute atomic E-state index is 0.714. The zero-order valence-corrected chi connectivity index (χ0v) is 6.83. The minimum Gasteiger partial charge on any atom is -0.380 e. The third-order valence-electron chi connectivity index (χ3n) is 2.69. The molecule has 2 nitrogen and oxygen atoms in total. The van der Waals surface area contributed by atoms with Crippen LogP contribution in [0, 0.1) is 5.92 Å². The second kappa shape index (κ2) is 2.95. The van der Waals surface area contributed by atoms with Crippen LogP contribution in [0.4, 0.5) is 0 Å². The number of ether oxygens (including phenoxy) is 1. The molecule has 0 N–H and O–H groups in total. The lowest BCUT2D eigenvalue weighted by Gasteiger charge is -2.41. The second-order valence-electron chi connectivity index (χ2n) is 3.47. The van der Waals surface area contributed by atoms with Gasteiger partial charge in [0.1, 0.15) is 0 Å². The molecule has 0 aromatic carbocycles. The van der Waals surface area contributed by atoms with Crippen LogP contribution < -0.4 is 0 Å². The van der Waals surface area contributed by atoms with Gasteiger partial charge in [-0.1, -0.05) is 6.08 Å². The highest BCUT2D eigenvalue weighted by atomic mass is 16.5. The Hall–Kier alpha value is -0.340.